The highest BCUT2D eigenvalue weighted by molar-refractivity contribution is 6.75. The molecule has 0 aliphatic rings. The first kappa shape index (κ1) is 15.0. The third-order valence-electron chi connectivity index (χ3n) is 2.97. The van der Waals surface area contributed by atoms with Gasteiger partial charge in [0.25, 0.3) is 0 Å². The number of carbonyl (C=O) groups excluding carboxylic acids is 1. The molecule has 0 saturated carbocycles. The predicted octanol–water partition coefficient (Wildman–Crippen LogP) is 3.27. The molecule has 0 amide bonds. The Bertz CT molecular complexity index is 374. The maximum Gasteiger partial charge on any atom is 0.302 e. The number of benzene rings is 1. The lowest BCUT2D eigenvalue weighted by atomic mass is 10.2. The number of hydrogen-bond donors (Lipinski definition) is 0. The van der Waals surface area contributed by atoms with Gasteiger partial charge in [-0.25, -0.2) is 0 Å². The molecular weight excluding hydrogens is 240 g/mol. The van der Waals surface area contributed by atoms with Crippen molar-refractivity contribution in [3.8, 4) is 0 Å². The molecule has 99 valence electrons. The van der Waals surface area contributed by atoms with Crippen molar-refractivity contribution in [2.24, 2.45) is 0 Å². The second-order valence-electron chi connectivity index (χ2n) is 5.24. The summed E-state index contributed by atoms with van der Waals surface area (Å²) in [6, 6.07) is 8.56. The van der Waals surface area contributed by atoms with Crippen LogP contribution in [0.25, 0.3) is 0 Å². The fourth-order valence-electron chi connectivity index (χ4n) is 2.31. The Morgan fingerprint density at radius 3 is 2.00 bits per heavy atom. The van der Waals surface area contributed by atoms with E-state index in [0.29, 0.717) is 6.61 Å². The Hall–Kier alpha value is -1.09. The van der Waals surface area contributed by atoms with Crippen molar-refractivity contribution in [2.75, 3.05) is 0 Å². The summed E-state index contributed by atoms with van der Waals surface area (Å²) < 4.78 is 4.99. The largest absolute Gasteiger partial charge is 0.461 e. The maximum absolute atomic E-state index is 10.8. The fourth-order valence-corrected chi connectivity index (χ4v) is 5.53. The molecule has 0 bridgehead atoms. The molecule has 0 saturated heterocycles. The number of carbonyl (C=O) groups is 1. The van der Waals surface area contributed by atoms with E-state index in [1.165, 1.54) is 12.1 Å². The van der Waals surface area contributed by atoms with E-state index in [4.69, 9.17) is 4.74 Å². The lowest BCUT2D eigenvalue weighted by Crippen LogP contribution is -2.35. The van der Waals surface area contributed by atoms with Crippen molar-refractivity contribution in [1.82, 2.24) is 0 Å². The third-order valence-corrected chi connectivity index (χ3v) is 6.46. The van der Waals surface area contributed by atoms with Crippen LogP contribution < -0.4 is 5.19 Å². The molecule has 0 spiro atoms. The second kappa shape index (κ2) is 6.74. The lowest BCUT2D eigenvalue weighted by molar-refractivity contribution is -0.142. The Labute approximate surface area is 112 Å². The Morgan fingerprint density at radius 2 is 1.61 bits per heavy atom. The molecule has 0 aliphatic heterocycles. The zero-order chi connectivity index (χ0) is 13.7. The summed E-state index contributed by atoms with van der Waals surface area (Å²) in [7, 11) is -0.511. The van der Waals surface area contributed by atoms with E-state index >= 15 is 0 Å². The Kier molecular flexibility index (Phi) is 5.60. The van der Waals surface area contributed by atoms with Crippen LogP contribution in [0, 0.1) is 0 Å². The van der Waals surface area contributed by atoms with Crippen LogP contribution in [0.2, 0.25) is 11.1 Å². The predicted molar refractivity (Wildman–Crippen MR) is 77.5 cm³/mol. The molecule has 0 atom stereocenters. The molecule has 0 heterocycles. The van der Waals surface area contributed by atoms with Gasteiger partial charge in [-0.15, -0.1) is 0 Å². The van der Waals surface area contributed by atoms with Crippen molar-refractivity contribution >= 4 is 20.0 Å². The first-order chi connectivity index (χ1) is 8.41. The first-order valence-corrected chi connectivity index (χ1v) is 8.16. The van der Waals surface area contributed by atoms with Crippen LogP contribution in [0.15, 0.2) is 24.3 Å². The molecule has 1 radical (unpaired) electrons. The van der Waals surface area contributed by atoms with Gasteiger partial charge in [0.05, 0.1) is 8.80 Å². The molecule has 1 rings (SSSR count). The van der Waals surface area contributed by atoms with Gasteiger partial charge < -0.3 is 4.74 Å². The first-order valence-electron chi connectivity index (χ1n) is 6.51. The molecule has 0 unspecified atom stereocenters. The molecule has 1 aromatic rings. The average Bonchev–Trinajstić information content (AvgIpc) is 2.27. The van der Waals surface area contributed by atoms with E-state index in [1.807, 2.05) is 0 Å². The van der Waals surface area contributed by atoms with E-state index in [1.54, 1.807) is 0 Å². The summed E-state index contributed by atoms with van der Waals surface area (Å²) in [5.74, 6) is -0.229. The zero-order valence-corrected chi connectivity index (χ0v) is 13.0. The van der Waals surface area contributed by atoms with Gasteiger partial charge in [-0.05, 0) is 16.6 Å². The van der Waals surface area contributed by atoms with Gasteiger partial charge in [-0.1, -0.05) is 57.1 Å². The van der Waals surface area contributed by atoms with Crippen LogP contribution in [0.1, 0.15) is 40.2 Å². The van der Waals surface area contributed by atoms with Gasteiger partial charge in [0.15, 0.2) is 0 Å². The topological polar surface area (TPSA) is 26.3 Å². The molecule has 3 heteroatoms. The van der Waals surface area contributed by atoms with Gasteiger partial charge in [-0.2, -0.15) is 0 Å². The standard InChI is InChI=1S/C15H23O2Si/c1-11(2)18(12(3)4)15-8-6-14(7-9-15)10-17-13(5)16/h6-9,11-12H,10H2,1-5H3. The van der Waals surface area contributed by atoms with Crippen molar-refractivity contribution in [1.29, 1.82) is 0 Å². The van der Waals surface area contributed by atoms with Gasteiger partial charge >= 0.3 is 5.97 Å². The minimum atomic E-state index is -0.511. The summed E-state index contributed by atoms with van der Waals surface area (Å²) in [5, 5.41) is 1.47. The number of rotatable bonds is 5. The van der Waals surface area contributed by atoms with E-state index in [2.05, 4.69) is 52.0 Å². The van der Waals surface area contributed by atoms with Crippen LogP contribution in [0.4, 0.5) is 0 Å². The van der Waals surface area contributed by atoms with E-state index < -0.39 is 8.80 Å². The van der Waals surface area contributed by atoms with Crippen LogP contribution >= 0.6 is 0 Å². The van der Waals surface area contributed by atoms with Gasteiger partial charge in [0.2, 0.25) is 0 Å². The summed E-state index contributed by atoms with van der Waals surface area (Å²) in [6.45, 7) is 11.0. The average molecular weight is 263 g/mol. The lowest BCUT2D eigenvalue weighted by Gasteiger charge is -2.23. The number of hydrogen-bond acceptors (Lipinski definition) is 2. The van der Waals surface area contributed by atoms with E-state index in [0.717, 1.165) is 16.6 Å². The van der Waals surface area contributed by atoms with Gasteiger partial charge in [-0.3, -0.25) is 4.79 Å². The van der Waals surface area contributed by atoms with Crippen molar-refractivity contribution in [2.45, 2.75) is 52.3 Å². The molecular formula is C15H23O2Si. The smallest absolute Gasteiger partial charge is 0.302 e. The van der Waals surface area contributed by atoms with Gasteiger partial charge in [0, 0.05) is 6.92 Å². The highest BCUT2D eigenvalue weighted by Crippen LogP contribution is 2.20. The molecule has 0 N–H and O–H groups in total. The van der Waals surface area contributed by atoms with E-state index in [9.17, 15) is 4.79 Å². The van der Waals surface area contributed by atoms with Crippen molar-refractivity contribution in [3.05, 3.63) is 29.8 Å². The third kappa shape index (κ3) is 4.30. The molecule has 2 nitrogen and oxygen atoms in total. The summed E-state index contributed by atoms with van der Waals surface area (Å²) in [6.07, 6.45) is 0. The Morgan fingerprint density at radius 1 is 1.11 bits per heavy atom. The fraction of sp³-hybridized carbons (Fsp3) is 0.533. The number of ether oxygens (including phenoxy) is 1. The van der Waals surface area contributed by atoms with Crippen LogP contribution in [-0.4, -0.2) is 14.8 Å². The molecule has 0 aliphatic carbocycles. The number of esters is 1. The highest BCUT2D eigenvalue weighted by atomic mass is 28.3. The monoisotopic (exact) mass is 263 g/mol. The summed E-state index contributed by atoms with van der Waals surface area (Å²) in [5.41, 5.74) is 2.52. The van der Waals surface area contributed by atoms with Crippen LogP contribution in [-0.2, 0) is 16.1 Å². The minimum absolute atomic E-state index is 0.229. The maximum atomic E-state index is 10.8. The quantitative estimate of drug-likeness (QED) is 0.602. The van der Waals surface area contributed by atoms with Crippen molar-refractivity contribution < 1.29 is 9.53 Å². The summed E-state index contributed by atoms with van der Waals surface area (Å²) >= 11 is 0. The second-order valence-corrected chi connectivity index (χ2v) is 9.04. The van der Waals surface area contributed by atoms with Crippen LogP contribution in [0.3, 0.4) is 0 Å². The van der Waals surface area contributed by atoms with Crippen LogP contribution in [0.5, 0.6) is 0 Å². The normalized spacial score (nSPS) is 11.3. The van der Waals surface area contributed by atoms with Gasteiger partial charge in [0.1, 0.15) is 6.61 Å². The van der Waals surface area contributed by atoms with Crippen molar-refractivity contribution in [3.63, 3.8) is 0 Å². The molecule has 18 heavy (non-hydrogen) atoms. The summed E-state index contributed by atoms with van der Waals surface area (Å²) in [4.78, 5) is 10.8. The molecule has 1 aromatic carbocycles. The zero-order valence-electron chi connectivity index (χ0n) is 12.0. The Balaban J connectivity index is 2.77. The highest BCUT2D eigenvalue weighted by Gasteiger charge is 2.21. The minimum Gasteiger partial charge on any atom is -0.461 e. The molecule has 0 fully saturated rings. The molecule has 0 aromatic heterocycles. The SMILES string of the molecule is CC(=O)OCc1ccc([Si](C(C)C)C(C)C)cc1. The van der Waals surface area contributed by atoms with E-state index in [-0.39, 0.29) is 5.97 Å².